The van der Waals surface area contributed by atoms with E-state index >= 15 is 0 Å². The Bertz CT molecular complexity index is 888. The lowest BCUT2D eigenvalue weighted by Gasteiger charge is -2.21. The lowest BCUT2D eigenvalue weighted by Crippen LogP contribution is -2.32. The summed E-state index contributed by atoms with van der Waals surface area (Å²) in [5, 5.41) is 0.149. The van der Waals surface area contributed by atoms with E-state index in [9.17, 15) is 18.0 Å². The van der Waals surface area contributed by atoms with Crippen LogP contribution in [0.4, 0.5) is 24.5 Å². The molecular weight excluding hydrogens is 363 g/mol. The number of thiocarbonyl (C=S) groups is 1. The maximum Gasteiger partial charge on any atom is 0.252 e. The molecule has 1 aliphatic heterocycles. The van der Waals surface area contributed by atoms with E-state index in [1.54, 1.807) is 31.1 Å². The van der Waals surface area contributed by atoms with Gasteiger partial charge in [-0.2, -0.15) is 0 Å². The molecule has 2 aromatic rings. The molecule has 0 aromatic heterocycles. The van der Waals surface area contributed by atoms with Gasteiger partial charge in [-0.05, 0) is 30.4 Å². The Kier molecular flexibility index (Phi) is 4.86. The van der Waals surface area contributed by atoms with Gasteiger partial charge in [0.25, 0.3) is 5.91 Å². The van der Waals surface area contributed by atoms with Crippen molar-refractivity contribution in [1.82, 2.24) is 4.90 Å². The summed E-state index contributed by atoms with van der Waals surface area (Å²) < 4.78 is 41.1. The first-order valence-corrected chi connectivity index (χ1v) is 8.21. The van der Waals surface area contributed by atoms with Gasteiger partial charge in [0, 0.05) is 38.3 Å². The molecule has 0 unspecified atom stereocenters. The second-order valence-corrected chi connectivity index (χ2v) is 6.50. The summed E-state index contributed by atoms with van der Waals surface area (Å²) in [6, 6.07) is 7.64. The molecule has 136 valence electrons. The molecule has 4 nitrogen and oxygen atoms in total. The van der Waals surface area contributed by atoms with Crippen LogP contribution in [0, 0.1) is 17.5 Å². The van der Waals surface area contributed by atoms with Crippen molar-refractivity contribution in [2.45, 2.75) is 6.54 Å². The van der Waals surface area contributed by atoms with Crippen LogP contribution >= 0.6 is 12.2 Å². The molecule has 26 heavy (non-hydrogen) atoms. The van der Waals surface area contributed by atoms with Gasteiger partial charge in [0.05, 0.1) is 11.4 Å². The molecule has 2 aromatic carbocycles. The van der Waals surface area contributed by atoms with Crippen molar-refractivity contribution < 1.29 is 18.0 Å². The van der Waals surface area contributed by atoms with Crippen LogP contribution in [0.5, 0.6) is 0 Å². The highest BCUT2D eigenvalue weighted by Gasteiger charge is 2.34. The number of carbonyl (C=O) groups is 1. The SMILES string of the molecule is CN(C)c1ccc(N2C(=O)CN(Cc3ccc(F)cc3F)C2=S)cc1F. The Morgan fingerprint density at radius 2 is 1.81 bits per heavy atom. The lowest BCUT2D eigenvalue weighted by atomic mass is 10.2. The van der Waals surface area contributed by atoms with E-state index in [1.807, 2.05) is 0 Å². The molecule has 1 fully saturated rings. The number of hydrogen-bond donors (Lipinski definition) is 0. The Morgan fingerprint density at radius 3 is 2.42 bits per heavy atom. The van der Waals surface area contributed by atoms with Crippen molar-refractivity contribution in [3.05, 3.63) is 59.4 Å². The van der Waals surface area contributed by atoms with E-state index in [2.05, 4.69) is 0 Å². The van der Waals surface area contributed by atoms with Crippen molar-refractivity contribution in [2.75, 3.05) is 30.4 Å². The smallest absolute Gasteiger partial charge is 0.252 e. The summed E-state index contributed by atoms with van der Waals surface area (Å²) >= 11 is 5.32. The van der Waals surface area contributed by atoms with Gasteiger partial charge in [-0.3, -0.25) is 9.69 Å². The molecule has 3 rings (SSSR count). The number of halogens is 3. The molecule has 0 N–H and O–H groups in total. The monoisotopic (exact) mass is 379 g/mol. The second-order valence-electron chi connectivity index (χ2n) is 6.13. The highest BCUT2D eigenvalue weighted by molar-refractivity contribution is 7.80. The van der Waals surface area contributed by atoms with E-state index in [0.29, 0.717) is 11.4 Å². The van der Waals surface area contributed by atoms with Gasteiger partial charge in [0.2, 0.25) is 0 Å². The van der Waals surface area contributed by atoms with Crippen LogP contribution in [-0.2, 0) is 11.3 Å². The van der Waals surface area contributed by atoms with Gasteiger partial charge >= 0.3 is 0 Å². The topological polar surface area (TPSA) is 26.8 Å². The lowest BCUT2D eigenvalue weighted by molar-refractivity contribution is -0.116. The molecule has 0 radical (unpaired) electrons. The number of hydrogen-bond acceptors (Lipinski definition) is 3. The minimum absolute atomic E-state index is 0.0193. The van der Waals surface area contributed by atoms with Crippen molar-refractivity contribution >= 4 is 34.6 Å². The van der Waals surface area contributed by atoms with E-state index in [1.165, 1.54) is 21.9 Å². The van der Waals surface area contributed by atoms with Crippen LogP contribution in [0.1, 0.15) is 5.56 Å². The minimum Gasteiger partial charge on any atom is -0.375 e. The average molecular weight is 379 g/mol. The van der Waals surface area contributed by atoms with Crippen LogP contribution in [0.15, 0.2) is 36.4 Å². The van der Waals surface area contributed by atoms with Crippen LogP contribution in [0.2, 0.25) is 0 Å². The average Bonchev–Trinajstić information content (AvgIpc) is 2.83. The molecule has 0 saturated carbocycles. The van der Waals surface area contributed by atoms with Crippen molar-refractivity contribution in [3.63, 3.8) is 0 Å². The molecule has 0 spiro atoms. The second kappa shape index (κ2) is 6.95. The number of rotatable bonds is 4. The molecule has 8 heteroatoms. The minimum atomic E-state index is -0.708. The number of carbonyl (C=O) groups excluding carboxylic acids is 1. The first-order valence-electron chi connectivity index (χ1n) is 7.80. The fourth-order valence-electron chi connectivity index (χ4n) is 2.78. The normalized spacial score (nSPS) is 14.3. The summed E-state index contributed by atoms with van der Waals surface area (Å²) in [6.07, 6.45) is 0. The van der Waals surface area contributed by atoms with E-state index in [0.717, 1.165) is 12.1 Å². The Morgan fingerprint density at radius 1 is 1.08 bits per heavy atom. The third-order valence-corrected chi connectivity index (χ3v) is 4.53. The highest BCUT2D eigenvalue weighted by Crippen LogP contribution is 2.28. The maximum absolute atomic E-state index is 14.2. The van der Waals surface area contributed by atoms with Crippen LogP contribution in [-0.4, -0.2) is 36.6 Å². The van der Waals surface area contributed by atoms with E-state index in [-0.39, 0.29) is 29.7 Å². The number of benzene rings is 2. The zero-order chi connectivity index (χ0) is 19.0. The molecule has 1 aliphatic rings. The first kappa shape index (κ1) is 18.2. The van der Waals surface area contributed by atoms with Crippen molar-refractivity contribution in [1.29, 1.82) is 0 Å². The molecular formula is C18H16F3N3OS. The third kappa shape index (κ3) is 3.37. The summed E-state index contributed by atoms with van der Waals surface area (Å²) in [4.78, 5) is 16.7. The Balaban J connectivity index is 1.84. The molecule has 0 atom stereocenters. The van der Waals surface area contributed by atoms with Crippen LogP contribution in [0.25, 0.3) is 0 Å². The van der Waals surface area contributed by atoms with Crippen LogP contribution in [0.3, 0.4) is 0 Å². The van der Waals surface area contributed by atoms with Gasteiger partial charge in [0.15, 0.2) is 5.11 Å². The molecule has 1 amide bonds. The van der Waals surface area contributed by atoms with Crippen LogP contribution < -0.4 is 9.80 Å². The maximum atomic E-state index is 14.2. The molecule has 1 heterocycles. The van der Waals surface area contributed by atoms with Gasteiger partial charge in [0.1, 0.15) is 24.0 Å². The third-order valence-electron chi connectivity index (χ3n) is 4.08. The Labute approximate surface area is 154 Å². The first-order chi connectivity index (χ1) is 12.3. The predicted octanol–water partition coefficient (Wildman–Crippen LogP) is 3.30. The number of amides is 1. The Hall–Kier alpha value is -2.61. The largest absolute Gasteiger partial charge is 0.375 e. The highest BCUT2D eigenvalue weighted by atomic mass is 32.1. The van der Waals surface area contributed by atoms with Gasteiger partial charge < -0.3 is 9.80 Å². The number of anilines is 2. The summed E-state index contributed by atoms with van der Waals surface area (Å²) in [5.74, 6) is -2.20. The fourth-order valence-corrected chi connectivity index (χ4v) is 3.12. The summed E-state index contributed by atoms with van der Waals surface area (Å²) in [5.41, 5.74) is 0.916. The van der Waals surface area contributed by atoms with Gasteiger partial charge in [-0.15, -0.1) is 0 Å². The van der Waals surface area contributed by atoms with Crippen molar-refractivity contribution in [3.8, 4) is 0 Å². The van der Waals surface area contributed by atoms with Crippen molar-refractivity contribution in [2.24, 2.45) is 0 Å². The standard InChI is InChI=1S/C18H16F3N3OS/c1-22(2)16-6-5-13(8-15(16)21)24-17(25)10-23(18(24)26)9-11-3-4-12(19)7-14(11)20/h3-8H,9-10H2,1-2H3. The van der Waals surface area contributed by atoms with Gasteiger partial charge in [-0.25, -0.2) is 13.2 Å². The predicted molar refractivity (Wildman–Crippen MR) is 97.6 cm³/mol. The van der Waals surface area contributed by atoms with E-state index in [4.69, 9.17) is 12.2 Å². The number of nitrogens with zero attached hydrogens (tertiary/aromatic N) is 3. The molecule has 0 aliphatic carbocycles. The fraction of sp³-hybridized carbons (Fsp3) is 0.222. The molecule has 1 saturated heterocycles. The van der Waals surface area contributed by atoms with E-state index < -0.39 is 17.5 Å². The summed E-state index contributed by atoms with van der Waals surface area (Å²) in [6.45, 7) is -0.0435. The summed E-state index contributed by atoms with van der Waals surface area (Å²) in [7, 11) is 3.42. The quantitative estimate of drug-likeness (QED) is 0.762. The van der Waals surface area contributed by atoms with Gasteiger partial charge in [-0.1, -0.05) is 6.07 Å². The zero-order valence-corrected chi connectivity index (χ0v) is 15.0. The zero-order valence-electron chi connectivity index (χ0n) is 14.2. The molecule has 0 bridgehead atoms.